The van der Waals surface area contributed by atoms with Crippen LogP contribution in [0.4, 0.5) is 5.69 Å². The molecule has 0 saturated carbocycles. The Labute approximate surface area is 92.5 Å². The van der Waals surface area contributed by atoms with Crippen LogP contribution in [0.1, 0.15) is 0 Å². The summed E-state index contributed by atoms with van der Waals surface area (Å²) in [6.45, 7) is 0. The van der Waals surface area contributed by atoms with Crippen LogP contribution in [-0.4, -0.2) is 10.2 Å². The van der Waals surface area contributed by atoms with Crippen molar-refractivity contribution in [3.8, 4) is 23.0 Å². The number of rotatable bonds is 2. The van der Waals surface area contributed by atoms with E-state index >= 15 is 0 Å². The minimum atomic E-state index is -0.0505. The average Bonchev–Trinajstić information content (AvgIpc) is 2.20. The Bertz CT molecular complexity index is 474. The van der Waals surface area contributed by atoms with Crippen molar-refractivity contribution in [2.24, 2.45) is 0 Å². The number of phenols is 2. The lowest BCUT2D eigenvalue weighted by Gasteiger charge is -2.06. The van der Waals surface area contributed by atoms with Crippen molar-refractivity contribution in [2.75, 3.05) is 5.73 Å². The van der Waals surface area contributed by atoms with Gasteiger partial charge < -0.3 is 20.7 Å². The molecule has 0 atom stereocenters. The van der Waals surface area contributed by atoms with Gasteiger partial charge in [-0.1, -0.05) is 0 Å². The number of nitrogens with two attached hydrogens (primary N) is 1. The van der Waals surface area contributed by atoms with E-state index in [1.807, 2.05) is 0 Å². The van der Waals surface area contributed by atoms with E-state index in [4.69, 9.17) is 10.5 Å². The number of ether oxygens (including phenoxy) is 1. The van der Waals surface area contributed by atoms with Crippen molar-refractivity contribution in [1.29, 1.82) is 0 Å². The van der Waals surface area contributed by atoms with Crippen LogP contribution in [0.2, 0.25) is 0 Å². The van der Waals surface area contributed by atoms with Crippen LogP contribution in [-0.2, 0) is 0 Å². The summed E-state index contributed by atoms with van der Waals surface area (Å²) in [7, 11) is 0. The lowest BCUT2D eigenvalue weighted by Crippen LogP contribution is -1.86. The third-order valence-corrected chi connectivity index (χ3v) is 1.99. The minimum absolute atomic E-state index is 0.0505. The molecule has 0 fully saturated rings. The number of nitrogen functional groups attached to an aromatic ring is 1. The van der Waals surface area contributed by atoms with Gasteiger partial charge in [0.2, 0.25) is 0 Å². The van der Waals surface area contributed by atoms with Crippen LogP contribution >= 0.6 is 0 Å². The Kier molecular flexibility index (Phi) is 2.55. The molecule has 0 radical (unpaired) electrons. The van der Waals surface area contributed by atoms with Crippen molar-refractivity contribution < 1.29 is 14.9 Å². The third kappa shape index (κ3) is 2.36. The van der Waals surface area contributed by atoms with Gasteiger partial charge >= 0.3 is 0 Å². The molecule has 0 aliphatic rings. The summed E-state index contributed by atoms with van der Waals surface area (Å²) in [6.07, 6.45) is 0. The molecule has 0 aliphatic carbocycles. The fraction of sp³-hybridized carbons (Fsp3) is 0. The lowest BCUT2D eigenvalue weighted by atomic mass is 10.3. The van der Waals surface area contributed by atoms with Crippen LogP contribution in [0.5, 0.6) is 23.0 Å². The first-order valence-electron chi connectivity index (χ1n) is 4.70. The molecule has 4 nitrogen and oxygen atoms in total. The maximum atomic E-state index is 9.26. The molecule has 4 N–H and O–H groups in total. The molecule has 0 aromatic heterocycles. The molecule has 2 aromatic carbocycles. The van der Waals surface area contributed by atoms with Gasteiger partial charge in [-0.3, -0.25) is 0 Å². The van der Waals surface area contributed by atoms with Crippen molar-refractivity contribution in [3.05, 3.63) is 42.5 Å². The zero-order chi connectivity index (χ0) is 11.5. The minimum Gasteiger partial charge on any atom is -0.508 e. The molecule has 0 saturated heterocycles. The zero-order valence-electron chi connectivity index (χ0n) is 8.42. The van der Waals surface area contributed by atoms with Crippen LogP contribution in [0.3, 0.4) is 0 Å². The molecule has 2 aromatic rings. The number of hydrogen-bond donors (Lipinski definition) is 3. The van der Waals surface area contributed by atoms with E-state index in [-0.39, 0.29) is 11.5 Å². The summed E-state index contributed by atoms with van der Waals surface area (Å²) in [4.78, 5) is 0. The first-order chi connectivity index (χ1) is 7.63. The number of anilines is 1. The van der Waals surface area contributed by atoms with Crippen molar-refractivity contribution in [3.63, 3.8) is 0 Å². The number of phenolic OH excluding ortho intramolecular Hbond substituents is 2. The second-order valence-electron chi connectivity index (χ2n) is 3.36. The van der Waals surface area contributed by atoms with E-state index in [0.29, 0.717) is 17.2 Å². The monoisotopic (exact) mass is 217 g/mol. The van der Waals surface area contributed by atoms with Gasteiger partial charge in [0.05, 0.1) is 0 Å². The van der Waals surface area contributed by atoms with E-state index in [1.165, 1.54) is 18.2 Å². The molecule has 4 heteroatoms. The Morgan fingerprint density at radius 2 is 1.38 bits per heavy atom. The number of hydrogen-bond acceptors (Lipinski definition) is 4. The Morgan fingerprint density at radius 3 is 1.94 bits per heavy atom. The zero-order valence-corrected chi connectivity index (χ0v) is 8.42. The van der Waals surface area contributed by atoms with Crippen LogP contribution in [0.25, 0.3) is 0 Å². The third-order valence-electron chi connectivity index (χ3n) is 1.99. The number of aromatic hydroxyl groups is 2. The van der Waals surface area contributed by atoms with Gasteiger partial charge in [-0.15, -0.1) is 0 Å². The van der Waals surface area contributed by atoms with Crippen molar-refractivity contribution >= 4 is 5.69 Å². The van der Waals surface area contributed by atoms with E-state index in [0.717, 1.165) is 0 Å². The SMILES string of the molecule is Nc1ccc(Oc2cc(O)cc(O)c2)cc1. The molecule has 16 heavy (non-hydrogen) atoms. The molecular formula is C12H11NO3. The fourth-order valence-electron chi connectivity index (χ4n) is 1.30. The fourth-order valence-corrected chi connectivity index (χ4v) is 1.30. The maximum Gasteiger partial charge on any atom is 0.134 e. The van der Waals surface area contributed by atoms with Gasteiger partial charge in [0.25, 0.3) is 0 Å². The highest BCUT2D eigenvalue weighted by Gasteiger charge is 2.01. The van der Waals surface area contributed by atoms with E-state index < -0.39 is 0 Å². The van der Waals surface area contributed by atoms with E-state index in [2.05, 4.69) is 0 Å². The average molecular weight is 217 g/mol. The van der Waals surface area contributed by atoms with E-state index in [1.54, 1.807) is 24.3 Å². The normalized spacial score (nSPS) is 10.0. The molecule has 0 unspecified atom stereocenters. The topological polar surface area (TPSA) is 75.7 Å². The van der Waals surface area contributed by atoms with Crippen LogP contribution < -0.4 is 10.5 Å². The van der Waals surface area contributed by atoms with Gasteiger partial charge in [0.15, 0.2) is 0 Å². The molecule has 0 bridgehead atoms. The predicted molar refractivity (Wildman–Crippen MR) is 60.7 cm³/mol. The molecule has 2 rings (SSSR count). The summed E-state index contributed by atoms with van der Waals surface area (Å²) in [5.74, 6) is 0.845. The highest BCUT2D eigenvalue weighted by molar-refractivity contribution is 5.45. The van der Waals surface area contributed by atoms with Gasteiger partial charge in [-0.25, -0.2) is 0 Å². The van der Waals surface area contributed by atoms with Crippen molar-refractivity contribution in [2.45, 2.75) is 0 Å². The largest absolute Gasteiger partial charge is 0.508 e. The quantitative estimate of drug-likeness (QED) is 0.675. The molecular weight excluding hydrogens is 206 g/mol. The predicted octanol–water partition coefficient (Wildman–Crippen LogP) is 2.47. The van der Waals surface area contributed by atoms with Gasteiger partial charge in [0.1, 0.15) is 23.0 Å². The molecule has 0 amide bonds. The van der Waals surface area contributed by atoms with Gasteiger partial charge in [-0.2, -0.15) is 0 Å². The molecule has 0 spiro atoms. The Morgan fingerprint density at radius 1 is 0.812 bits per heavy atom. The van der Waals surface area contributed by atoms with Gasteiger partial charge in [-0.05, 0) is 24.3 Å². The lowest BCUT2D eigenvalue weighted by molar-refractivity contribution is 0.432. The van der Waals surface area contributed by atoms with Crippen molar-refractivity contribution in [1.82, 2.24) is 0 Å². The second kappa shape index (κ2) is 4.02. The molecule has 0 aliphatic heterocycles. The molecule has 82 valence electrons. The number of benzene rings is 2. The standard InChI is InChI=1S/C12H11NO3/c13-8-1-3-11(4-2-8)16-12-6-9(14)5-10(15)7-12/h1-7,14-15H,13H2. The first-order valence-corrected chi connectivity index (χ1v) is 4.70. The highest BCUT2D eigenvalue weighted by atomic mass is 16.5. The molecule has 0 heterocycles. The Balaban J connectivity index is 2.23. The summed E-state index contributed by atoms with van der Waals surface area (Å²) in [6, 6.07) is 10.9. The van der Waals surface area contributed by atoms with Crippen LogP contribution in [0.15, 0.2) is 42.5 Å². The summed E-state index contributed by atoms with van der Waals surface area (Å²) in [5.41, 5.74) is 6.18. The van der Waals surface area contributed by atoms with E-state index in [9.17, 15) is 10.2 Å². The van der Waals surface area contributed by atoms with Gasteiger partial charge in [0, 0.05) is 23.9 Å². The summed E-state index contributed by atoms with van der Waals surface area (Å²) < 4.78 is 5.42. The second-order valence-corrected chi connectivity index (χ2v) is 3.36. The highest BCUT2D eigenvalue weighted by Crippen LogP contribution is 2.29. The first kappa shape index (κ1) is 10.2. The maximum absolute atomic E-state index is 9.26. The summed E-state index contributed by atoms with van der Waals surface area (Å²) >= 11 is 0. The van der Waals surface area contributed by atoms with Crippen LogP contribution in [0, 0.1) is 0 Å². The smallest absolute Gasteiger partial charge is 0.134 e. The Hall–Kier alpha value is -2.36. The summed E-state index contributed by atoms with van der Waals surface area (Å²) in [5, 5.41) is 18.5.